The van der Waals surface area contributed by atoms with Crippen LogP contribution in [0.2, 0.25) is 0 Å². The Morgan fingerprint density at radius 3 is 2.75 bits per heavy atom. The Balaban J connectivity index is 1.58. The average Bonchev–Trinajstić information content (AvgIpc) is 3.31. The lowest BCUT2D eigenvalue weighted by Gasteiger charge is -2.11. The van der Waals surface area contributed by atoms with Gasteiger partial charge in [-0.25, -0.2) is 9.89 Å². The first-order valence-electron chi connectivity index (χ1n) is 9.27. The molecule has 1 atom stereocenters. The van der Waals surface area contributed by atoms with Gasteiger partial charge in [0, 0.05) is 23.8 Å². The van der Waals surface area contributed by atoms with Gasteiger partial charge in [-0.2, -0.15) is 0 Å². The first-order chi connectivity index (χ1) is 13.4. The highest BCUT2D eigenvalue weighted by molar-refractivity contribution is 7.99. The molecule has 1 amide bonds. The summed E-state index contributed by atoms with van der Waals surface area (Å²) in [7, 11) is 0. The summed E-state index contributed by atoms with van der Waals surface area (Å²) < 4.78 is 7.10. The van der Waals surface area contributed by atoms with E-state index in [0.29, 0.717) is 29.6 Å². The molecule has 1 fully saturated rings. The maximum Gasteiger partial charge on any atom is 0.344 e. The predicted octanol–water partition coefficient (Wildman–Crippen LogP) is 2.32. The molecule has 3 rings (SSSR count). The number of rotatable bonds is 8. The van der Waals surface area contributed by atoms with E-state index in [9.17, 15) is 14.4 Å². The molecule has 0 spiro atoms. The second-order valence-corrected chi connectivity index (χ2v) is 7.93. The Morgan fingerprint density at radius 1 is 1.36 bits per heavy atom. The molecule has 1 saturated heterocycles. The van der Waals surface area contributed by atoms with Crippen LogP contribution in [0.5, 0.6) is 0 Å². The molecule has 0 aliphatic carbocycles. The monoisotopic (exact) mass is 404 g/mol. The average molecular weight is 404 g/mol. The number of benzene rings is 1. The Kier molecular flexibility index (Phi) is 6.69. The number of amides is 1. The lowest BCUT2D eigenvalue weighted by molar-refractivity contribution is -0.118. The van der Waals surface area contributed by atoms with Crippen molar-refractivity contribution < 1.29 is 14.3 Å². The maximum atomic E-state index is 12.5. The van der Waals surface area contributed by atoms with Crippen molar-refractivity contribution in [3.05, 3.63) is 40.3 Å². The van der Waals surface area contributed by atoms with Gasteiger partial charge >= 0.3 is 5.69 Å². The molecule has 0 saturated carbocycles. The number of carbonyl (C=O) groups excluding carboxylic acids is 2. The number of H-pyrrole nitrogens is 1. The molecule has 1 aromatic carbocycles. The summed E-state index contributed by atoms with van der Waals surface area (Å²) in [5.74, 6) is -0.102. The summed E-state index contributed by atoms with van der Waals surface area (Å²) in [6.07, 6.45) is 1.92. The molecular weight excluding hydrogens is 380 g/mol. The molecule has 150 valence electrons. The van der Waals surface area contributed by atoms with E-state index in [4.69, 9.17) is 4.74 Å². The summed E-state index contributed by atoms with van der Waals surface area (Å²) in [6, 6.07) is 6.78. The topological polar surface area (TPSA) is 106 Å². The van der Waals surface area contributed by atoms with Crippen LogP contribution in [0.1, 0.15) is 37.0 Å². The third-order valence-electron chi connectivity index (χ3n) is 4.46. The van der Waals surface area contributed by atoms with E-state index in [0.717, 1.165) is 12.8 Å². The number of Topliss-reactive ketones (excluding diaryl/α,β-unsaturated/α-hetero) is 1. The standard InChI is InChI=1S/C19H24N4O4S/c1-12(2)17(25)20-14-7-5-13(6-8-14)16(24)11-28-19-22-21-18(26)23(19)10-15-4-3-9-27-15/h5-8,12,15H,3-4,9-11H2,1-2H3,(H,20,25)(H,21,26)/t15-/m1/s1. The van der Waals surface area contributed by atoms with Crippen LogP contribution in [0.15, 0.2) is 34.2 Å². The fraction of sp³-hybridized carbons (Fsp3) is 0.474. The fourth-order valence-electron chi connectivity index (χ4n) is 2.81. The number of hydrogen-bond donors (Lipinski definition) is 2. The second kappa shape index (κ2) is 9.20. The number of aromatic amines is 1. The quantitative estimate of drug-likeness (QED) is 0.517. The Morgan fingerprint density at radius 2 is 2.11 bits per heavy atom. The van der Waals surface area contributed by atoms with Gasteiger partial charge in [-0.15, -0.1) is 5.10 Å². The summed E-state index contributed by atoms with van der Waals surface area (Å²) in [5.41, 5.74) is 0.898. The van der Waals surface area contributed by atoms with Gasteiger partial charge in [-0.3, -0.25) is 14.2 Å². The van der Waals surface area contributed by atoms with Crippen LogP contribution in [0.4, 0.5) is 5.69 Å². The van der Waals surface area contributed by atoms with E-state index >= 15 is 0 Å². The normalized spacial score (nSPS) is 16.5. The van der Waals surface area contributed by atoms with Crippen LogP contribution in [0, 0.1) is 5.92 Å². The van der Waals surface area contributed by atoms with Crippen LogP contribution >= 0.6 is 11.8 Å². The lowest BCUT2D eigenvalue weighted by atomic mass is 10.1. The van der Waals surface area contributed by atoms with Crippen molar-refractivity contribution in [3.8, 4) is 0 Å². The highest BCUT2D eigenvalue weighted by atomic mass is 32.2. The minimum atomic E-state index is -0.296. The zero-order valence-electron chi connectivity index (χ0n) is 15.9. The van der Waals surface area contributed by atoms with Crippen molar-refractivity contribution in [2.75, 3.05) is 17.7 Å². The zero-order chi connectivity index (χ0) is 20.1. The highest BCUT2D eigenvalue weighted by Crippen LogP contribution is 2.20. The molecule has 0 radical (unpaired) electrons. The number of aromatic nitrogens is 3. The Bertz CT molecular complexity index is 882. The second-order valence-electron chi connectivity index (χ2n) is 6.99. The fourth-order valence-corrected chi connectivity index (χ4v) is 3.66. The molecular formula is C19H24N4O4S. The number of ether oxygens (including phenoxy) is 1. The van der Waals surface area contributed by atoms with Crippen molar-refractivity contribution in [2.24, 2.45) is 5.92 Å². The van der Waals surface area contributed by atoms with Gasteiger partial charge in [0.2, 0.25) is 5.91 Å². The molecule has 9 heteroatoms. The predicted molar refractivity (Wildman–Crippen MR) is 107 cm³/mol. The number of hydrogen-bond acceptors (Lipinski definition) is 6. The van der Waals surface area contributed by atoms with Gasteiger partial charge in [0.1, 0.15) is 0 Å². The van der Waals surface area contributed by atoms with Crippen molar-refractivity contribution in [3.63, 3.8) is 0 Å². The van der Waals surface area contributed by atoms with Crippen LogP contribution in [-0.4, -0.2) is 44.9 Å². The molecule has 2 aromatic rings. The van der Waals surface area contributed by atoms with Crippen LogP contribution in [0.3, 0.4) is 0 Å². The third kappa shape index (κ3) is 5.11. The van der Waals surface area contributed by atoms with Gasteiger partial charge < -0.3 is 10.1 Å². The number of nitrogens with one attached hydrogen (secondary N) is 2. The Labute approximate surface area is 167 Å². The maximum absolute atomic E-state index is 12.5. The van der Waals surface area contributed by atoms with E-state index in [1.165, 1.54) is 16.3 Å². The summed E-state index contributed by atoms with van der Waals surface area (Å²) in [5, 5.41) is 9.73. The minimum absolute atomic E-state index is 0.0129. The largest absolute Gasteiger partial charge is 0.376 e. The van der Waals surface area contributed by atoms with Gasteiger partial charge in [0.05, 0.1) is 18.4 Å². The molecule has 0 unspecified atom stereocenters. The van der Waals surface area contributed by atoms with E-state index in [2.05, 4.69) is 15.5 Å². The van der Waals surface area contributed by atoms with Gasteiger partial charge in [0.15, 0.2) is 10.9 Å². The molecule has 28 heavy (non-hydrogen) atoms. The molecule has 2 heterocycles. The van der Waals surface area contributed by atoms with Crippen molar-refractivity contribution >= 4 is 29.1 Å². The van der Waals surface area contributed by atoms with Crippen LogP contribution in [0.25, 0.3) is 0 Å². The zero-order valence-corrected chi connectivity index (χ0v) is 16.8. The first-order valence-corrected chi connectivity index (χ1v) is 10.3. The lowest BCUT2D eigenvalue weighted by Crippen LogP contribution is -2.25. The van der Waals surface area contributed by atoms with Crippen molar-refractivity contribution in [2.45, 2.75) is 44.5 Å². The molecule has 1 aliphatic heterocycles. The van der Waals surface area contributed by atoms with Gasteiger partial charge in [0.25, 0.3) is 0 Å². The number of carbonyl (C=O) groups is 2. The molecule has 8 nitrogen and oxygen atoms in total. The van der Waals surface area contributed by atoms with Crippen LogP contribution in [-0.2, 0) is 16.1 Å². The SMILES string of the molecule is CC(C)C(=O)Nc1ccc(C(=O)CSc2n[nH]c(=O)n2C[C@H]2CCCO2)cc1. The van der Waals surface area contributed by atoms with E-state index < -0.39 is 0 Å². The summed E-state index contributed by atoms with van der Waals surface area (Å²) >= 11 is 1.22. The number of ketones is 1. The van der Waals surface area contributed by atoms with Gasteiger partial charge in [-0.05, 0) is 37.1 Å². The number of anilines is 1. The van der Waals surface area contributed by atoms with E-state index in [1.54, 1.807) is 24.3 Å². The van der Waals surface area contributed by atoms with Crippen molar-refractivity contribution in [1.29, 1.82) is 0 Å². The van der Waals surface area contributed by atoms with Crippen LogP contribution < -0.4 is 11.0 Å². The molecule has 1 aliphatic rings. The van der Waals surface area contributed by atoms with Gasteiger partial charge in [-0.1, -0.05) is 25.6 Å². The highest BCUT2D eigenvalue weighted by Gasteiger charge is 2.20. The third-order valence-corrected chi connectivity index (χ3v) is 5.44. The number of nitrogens with zero attached hydrogens (tertiary/aromatic N) is 2. The van der Waals surface area contributed by atoms with Crippen molar-refractivity contribution in [1.82, 2.24) is 14.8 Å². The summed E-state index contributed by atoms with van der Waals surface area (Å²) in [4.78, 5) is 36.2. The Hall–Kier alpha value is -2.39. The molecule has 2 N–H and O–H groups in total. The first kappa shape index (κ1) is 20.3. The van der Waals surface area contributed by atoms with E-state index in [-0.39, 0.29) is 35.2 Å². The number of thioether (sulfide) groups is 1. The minimum Gasteiger partial charge on any atom is -0.376 e. The smallest absolute Gasteiger partial charge is 0.344 e. The molecule has 1 aromatic heterocycles. The van der Waals surface area contributed by atoms with E-state index in [1.807, 2.05) is 13.8 Å². The summed E-state index contributed by atoms with van der Waals surface area (Å²) in [6.45, 7) is 4.79. The molecule has 0 bridgehead atoms.